The van der Waals surface area contributed by atoms with Gasteiger partial charge < -0.3 is 9.64 Å². The summed E-state index contributed by atoms with van der Waals surface area (Å²) in [6, 6.07) is 6.50. The molecule has 25 heavy (non-hydrogen) atoms. The Morgan fingerprint density at radius 3 is 2.68 bits per heavy atom. The highest BCUT2D eigenvalue weighted by Gasteiger charge is 2.28. The van der Waals surface area contributed by atoms with E-state index < -0.39 is 0 Å². The molecule has 1 aromatic carbocycles. The number of carbonyl (C=O) groups excluding carboxylic acids is 1. The molecule has 1 saturated carbocycles. The third kappa shape index (κ3) is 2.92. The summed E-state index contributed by atoms with van der Waals surface area (Å²) in [4.78, 5) is 14.9. The Bertz CT molecular complexity index is 790. The molecule has 2 aliphatic rings. The number of hydrogen-bond donors (Lipinski definition) is 0. The molecule has 0 saturated heterocycles. The van der Waals surface area contributed by atoms with Gasteiger partial charge in [-0.1, -0.05) is 25.3 Å². The lowest BCUT2D eigenvalue weighted by molar-refractivity contribution is 0.0750. The van der Waals surface area contributed by atoms with Crippen LogP contribution in [0.4, 0.5) is 0 Å². The minimum Gasteiger partial charge on any atom is -0.497 e. The Kier molecular flexibility index (Phi) is 4.24. The minimum atomic E-state index is 0.0785. The molecule has 0 unspecified atom stereocenters. The molecule has 2 aromatic rings. The normalized spacial score (nSPS) is 17.6. The van der Waals surface area contributed by atoms with Gasteiger partial charge in [-0.15, -0.1) is 0 Å². The Balaban J connectivity index is 1.53. The van der Waals surface area contributed by atoms with Gasteiger partial charge in [-0.2, -0.15) is 5.10 Å². The van der Waals surface area contributed by atoms with E-state index in [1.807, 2.05) is 24.0 Å². The highest BCUT2D eigenvalue weighted by atomic mass is 16.5. The van der Waals surface area contributed by atoms with E-state index in [0.717, 1.165) is 17.0 Å². The van der Waals surface area contributed by atoms with Crippen molar-refractivity contribution in [3.8, 4) is 5.75 Å². The van der Waals surface area contributed by atoms with Crippen LogP contribution in [0.1, 0.15) is 65.3 Å². The highest BCUT2D eigenvalue weighted by molar-refractivity contribution is 5.95. The van der Waals surface area contributed by atoms with E-state index >= 15 is 0 Å². The zero-order valence-electron chi connectivity index (χ0n) is 15.0. The predicted octanol–water partition coefficient (Wildman–Crippen LogP) is 3.86. The zero-order chi connectivity index (χ0) is 17.4. The van der Waals surface area contributed by atoms with E-state index in [-0.39, 0.29) is 5.91 Å². The van der Waals surface area contributed by atoms with Crippen LogP contribution in [0.3, 0.4) is 0 Å². The molecule has 132 valence electrons. The van der Waals surface area contributed by atoms with Gasteiger partial charge in [-0.05, 0) is 43.0 Å². The summed E-state index contributed by atoms with van der Waals surface area (Å²) < 4.78 is 7.37. The van der Waals surface area contributed by atoms with Crippen LogP contribution in [0.5, 0.6) is 5.75 Å². The lowest BCUT2D eigenvalue weighted by Gasteiger charge is -2.23. The minimum absolute atomic E-state index is 0.0785. The van der Waals surface area contributed by atoms with Gasteiger partial charge in [-0.25, -0.2) is 0 Å². The Hall–Kier alpha value is -2.30. The molecule has 0 spiro atoms. The summed E-state index contributed by atoms with van der Waals surface area (Å²) in [6.07, 6.45) is 7.94. The van der Waals surface area contributed by atoms with Crippen LogP contribution in [0, 0.1) is 6.92 Å². The second kappa shape index (κ2) is 6.54. The number of amides is 1. The number of fused-ring (bicyclic) bond motifs is 1. The second-order valence-electron chi connectivity index (χ2n) is 7.18. The predicted molar refractivity (Wildman–Crippen MR) is 95.7 cm³/mol. The SMILES string of the molecule is COc1ccc2c(c1)CN(C(=O)c1cnn(C3CCCCC3)c1C)C2. The molecule has 1 amide bonds. The van der Waals surface area contributed by atoms with E-state index in [4.69, 9.17) is 4.74 Å². The van der Waals surface area contributed by atoms with Gasteiger partial charge in [0, 0.05) is 18.8 Å². The van der Waals surface area contributed by atoms with Crippen LogP contribution in [0.15, 0.2) is 24.4 Å². The number of aromatic nitrogens is 2. The summed E-state index contributed by atoms with van der Waals surface area (Å²) in [5, 5.41) is 4.56. The molecule has 5 nitrogen and oxygen atoms in total. The van der Waals surface area contributed by atoms with Crippen molar-refractivity contribution in [2.45, 2.75) is 58.2 Å². The van der Waals surface area contributed by atoms with Crippen LogP contribution in [-0.2, 0) is 13.1 Å². The highest BCUT2D eigenvalue weighted by Crippen LogP contribution is 2.31. The first-order chi connectivity index (χ1) is 12.2. The molecule has 0 atom stereocenters. The second-order valence-corrected chi connectivity index (χ2v) is 7.18. The summed E-state index contributed by atoms with van der Waals surface area (Å²) in [5.74, 6) is 0.920. The topological polar surface area (TPSA) is 47.4 Å². The van der Waals surface area contributed by atoms with Crippen LogP contribution in [-0.4, -0.2) is 27.7 Å². The van der Waals surface area contributed by atoms with Crippen molar-refractivity contribution in [2.24, 2.45) is 0 Å². The van der Waals surface area contributed by atoms with Gasteiger partial charge in [0.15, 0.2) is 0 Å². The molecule has 1 aliphatic heterocycles. The van der Waals surface area contributed by atoms with Crippen molar-refractivity contribution in [1.29, 1.82) is 0 Å². The number of hydrogen-bond acceptors (Lipinski definition) is 3. The molecule has 1 fully saturated rings. The molecule has 1 aliphatic carbocycles. The quantitative estimate of drug-likeness (QED) is 0.853. The number of nitrogens with zero attached hydrogens (tertiary/aromatic N) is 3. The molecule has 5 heteroatoms. The van der Waals surface area contributed by atoms with Crippen molar-refractivity contribution < 1.29 is 9.53 Å². The summed E-state index contributed by atoms with van der Waals surface area (Å²) in [7, 11) is 1.67. The van der Waals surface area contributed by atoms with Gasteiger partial charge in [0.05, 0.1) is 24.9 Å². The molecule has 4 rings (SSSR count). The first kappa shape index (κ1) is 16.2. The molecule has 2 heterocycles. The molecule has 0 N–H and O–H groups in total. The van der Waals surface area contributed by atoms with Crippen LogP contribution in [0.25, 0.3) is 0 Å². The first-order valence-electron chi connectivity index (χ1n) is 9.16. The lowest BCUT2D eigenvalue weighted by atomic mass is 9.95. The van der Waals surface area contributed by atoms with Gasteiger partial charge in [0.2, 0.25) is 0 Å². The van der Waals surface area contributed by atoms with E-state index in [9.17, 15) is 4.79 Å². The zero-order valence-corrected chi connectivity index (χ0v) is 15.0. The number of benzene rings is 1. The molecule has 1 aromatic heterocycles. The number of methoxy groups -OCH3 is 1. The largest absolute Gasteiger partial charge is 0.497 e. The maximum atomic E-state index is 13.0. The smallest absolute Gasteiger partial charge is 0.257 e. The standard InChI is InChI=1S/C20H25N3O2/c1-14-19(11-21-23(14)17-6-4-3-5-7-17)20(24)22-12-15-8-9-18(25-2)10-16(15)13-22/h8-11,17H,3-7,12-13H2,1-2H3. The Labute approximate surface area is 148 Å². The van der Waals surface area contributed by atoms with Crippen LogP contribution < -0.4 is 4.74 Å². The monoisotopic (exact) mass is 339 g/mol. The van der Waals surface area contributed by atoms with Gasteiger partial charge in [0.1, 0.15) is 5.75 Å². The molecular formula is C20H25N3O2. The third-order valence-electron chi connectivity index (χ3n) is 5.62. The fourth-order valence-corrected chi connectivity index (χ4v) is 4.14. The van der Waals surface area contributed by atoms with Crippen molar-refractivity contribution >= 4 is 5.91 Å². The van der Waals surface area contributed by atoms with Gasteiger partial charge in [-0.3, -0.25) is 9.48 Å². The van der Waals surface area contributed by atoms with Crippen molar-refractivity contribution in [1.82, 2.24) is 14.7 Å². The Morgan fingerprint density at radius 1 is 1.16 bits per heavy atom. The molecule has 0 radical (unpaired) electrons. The summed E-state index contributed by atoms with van der Waals surface area (Å²) >= 11 is 0. The van der Waals surface area contributed by atoms with Gasteiger partial charge >= 0.3 is 0 Å². The third-order valence-corrected chi connectivity index (χ3v) is 5.62. The van der Waals surface area contributed by atoms with Crippen molar-refractivity contribution in [2.75, 3.05) is 7.11 Å². The van der Waals surface area contributed by atoms with Crippen LogP contribution >= 0.6 is 0 Å². The maximum absolute atomic E-state index is 13.0. The van der Waals surface area contributed by atoms with E-state index in [0.29, 0.717) is 19.1 Å². The fraction of sp³-hybridized carbons (Fsp3) is 0.500. The maximum Gasteiger partial charge on any atom is 0.257 e. The Morgan fingerprint density at radius 2 is 1.92 bits per heavy atom. The van der Waals surface area contributed by atoms with E-state index in [2.05, 4.69) is 15.8 Å². The number of rotatable bonds is 3. The average Bonchev–Trinajstić information content (AvgIpc) is 3.24. The van der Waals surface area contributed by atoms with Gasteiger partial charge in [0.25, 0.3) is 5.91 Å². The first-order valence-corrected chi connectivity index (χ1v) is 9.16. The summed E-state index contributed by atoms with van der Waals surface area (Å²) in [6.45, 7) is 3.33. The average molecular weight is 339 g/mol. The fourth-order valence-electron chi connectivity index (χ4n) is 4.14. The number of carbonyl (C=O) groups is 1. The molecular weight excluding hydrogens is 314 g/mol. The van der Waals surface area contributed by atoms with E-state index in [1.165, 1.54) is 43.2 Å². The number of ether oxygens (including phenoxy) is 1. The lowest BCUT2D eigenvalue weighted by Crippen LogP contribution is -2.26. The summed E-state index contributed by atoms with van der Waals surface area (Å²) in [5.41, 5.74) is 4.12. The van der Waals surface area contributed by atoms with E-state index in [1.54, 1.807) is 13.3 Å². The molecule has 0 bridgehead atoms. The van der Waals surface area contributed by atoms with Crippen molar-refractivity contribution in [3.63, 3.8) is 0 Å². The van der Waals surface area contributed by atoms with Crippen LogP contribution in [0.2, 0.25) is 0 Å². The van der Waals surface area contributed by atoms with Crippen molar-refractivity contribution in [3.05, 3.63) is 46.8 Å².